The fourth-order valence-corrected chi connectivity index (χ4v) is 5.37. The molecule has 0 bridgehead atoms. The number of sulfonamides is 1. The highest BCUT2D eigenvalue weighted by molar-refractivity contribution is 9.10. The molecule has 0 aromatic heterocycles. The van der Waals surface area contributed by atoms with Gasteiger partial charge in [-0.05, 0) is 40.5 Å². The quantitative estimate of drug-likeness (QED) is 0.859. The lowest BCUT2D eigenvalue weighted by Crippen LogP contribution is -2.62. The van der Waals surface area contributed by atoms with Crippen LogP contribution in [-0.2, 0) is 10.0 Å². The molecule has 2 aliphatic rings. The molecule has 0 amide bonds. The van der Waals surface area contributed by atoms with Crippen LogP contribution < -0.4 is 5.32 Å². The van der Waals surface area contributed by atoms with Gasteiger partial charge in [0.1, 0.15) is 0 Å². The van der Waals surface area contributed by atoms with Crippen LogP contribution in [0.5, 0.6) is 0 Å². The van der Waals surface area contributed by atoms with Gasteiger partial charge >= 0.3 is 0 Å². The number of aryl methyl sites for hydroxylation is 1. The van der Waals surface area contributed by atoms with Crippen LogP contribution in [0.2, 0.25) is 0 Å². The minimum absolute atomic E-state index is 0.367. The molecule has 0 spiro atoms. The fourth-order valence-electron chi connectivity index (χ4n) is 2.79. The van der Waals surface area contributed by atoms with E-state index in [0.29, 0.717) is 28.5 Å². The largest absolute Gasteiger partial charge is 0.314 e. The van der Waals surface area contributed by atoms with Crippen LogP contribution >= 0.6 is 15.9 Å². The van der Waals surface area contributed by atoms with Gasteiger partial charge in [-0.1, -0.05) is 6.07 Å². The SMILES string of the molecule is Cc1ccc(S(=O)(=O)N2CCN(C3CNC3)CC2)c(Br)c1. The van der Waals surface area contributed by atoms with Crippen molar-refractivity contribution in [3.05, 3.63) is 28.2 Å². The van der Waals surface area contributed by atoms with Crippen molar-refractivity contribution in [2.75, 3.05) is 39.3 Å². The summed E-state index contributed by atoms with van der Waals surface area (Å²) in [4.78, 5) is 2.75. The van der Waals surface area contributed by atoms with E-state index in [1.54, 1.807) is 10.4 Å². The number of halogens is 1. The zero-order chi connectivity index (χ0) is 15.0. The second-order valence-electron chi connectivity index (χ2n) is 5.69. The van der Waals surface area contributed by atoms with Crippen LogP contribution in [0, 0.1) is 6.92 Å². The summed E-state index contributed by atoms with van der Waals surface area (Å²) in [7, 11) is -3.40. The molecule has 5 nitrogen and oxygen atoms in total. The Morgan fingerprint density at radius 1 is 1.19 bits per heavy atom. The number of nitrogens with zero attached hydrogens (tertiary/aromatic N) is 2. The van der Waals surface area contributed by atoms with E-state index in [2.05, 4.69) is 26.1 Å². The molecule has 0 saturated carbocycles. The lowest BCUT2D eigenvalue weighted by atomic mass is 10.1. The maximum atomic E-state index is 12.7. The lowest BCUT2D eigenvalue weighted by molar-refractivity contribution is 0.103. The topological polar surface area (TPSA) is 52.7 Å². The lowest BCUT2D eigenvalue weighted by Gasteiger charge is -2.42. The Kier molecular flexibility index (Phi) is 4.38. The van der Waals surface area contributed by atoms with Crippen molar-refractivity contribution in [2.24, 2.45) is 0 Å². The minimum atomic E-state index is -3.40. The summed E-state index contributed by atoms with van der Waals surface area (Å²) in [5, 5.41) is 3.26. The van der Waals surface area contributed by atoms with Crippen molar-refractivity contribution in [3.63, 3.8) is 0 Å². The number of hydrogen-bond acceptors (Lipinski definition) is 4. The molecule has 1 aromatic carbocycles. The smallest absolute Gasteiger partial charge is 0.244 e. The summed E-state index contributed by atoms with van der Waals surface area (Å²) in [5.74, 6) is 0. The van der Waals surface area contributed by atoms with E-state index in [0.717, 1.165) is 31.7 Å². The normalized spacial score (nSPS) is 22.2. The first-order valence-corrected chi connectivity index (χ1v) is 9.43. The van der Waals surface area contributed by atoms with Crippen LogP contribution in [0.3, 0.4) is 0 Å². The third-order valence-electron chi connectivity index (χ3n) is 4.25. The summed E-state index contributed by atoms with van der Waals surface area (Å²) < 4.78 is 27.7. The number of piperazine rings is 1. The van der Waals surface area contributed by atoms with E-state index < -0.39 is 10.0 Å². The van der Waals surface area contributed by atoms with Gasteiger partial charge < -0.3 is 5.32 Å². The van der Waals surface area contributed by atoms with E-state index in [-0.39, 0.29) is 0 Å². The molecule has 1 aromatic rings. The first kappa shape index (κ1) is 15.4. The van der Waals surface area contributed by atoms with Gasteiger partial charge in [0, 0.05) is 49.8 Å². The molecule has 2 aliphatic heterocycles. The predicted octanol–water partition coefficient (Wildman–Crippen LogP) is 1.04. The Morgan fingerprint density at radius 2 is 1.86 bits per heavy atom. The highest BCUT2D eigenvalue weighted by Crippen LogP contribution is 2.27. The van der Waals surface area contributed by atoms with Gasteiger partial charge in [-0.3, -0.25) is 4.90 Å². The van der Waals surface area contributed by atoms with E-state index >= 15 is 0 Å². The second kappa shape index (κ2) is 5.96. The molecular weight excluding hydrogens is 354 g/mol. The molecule has 0 aliphatic carbocycles. The van der Waals surface area contributed by atoms with Crippen molar-refractivity contribution < 1.29 is 8.42 Å². The van der Waals surface area contributed by atoms with Gasteiger partial charge in [-0.15, -0.1) is 0 Å². The molecule has 7 heteroatoms. The predicted molar refractivity (Wildman–Crippen MR) is 85.9 cm³/mol. The fraction of sp³-hybridized carbons (Fsp3) is 0.571. The van der Waals surface area contributed by atoms with Crippen molar-refractivity contribution in [1.82, 2.24) is 14.5 Å². The Labute approximate surface area is 134 Å². The molecule has 21 heavy (non-hydrogen) atoms. The molecule has 0 atom stereocenters. The van der Waals surface area contributed by atoms with Crippen molar-refractivity contribution in [1.29, 1.82) is 0 Å². The van der Waals surface area contributed by atoms with Crippen molar-refractivity contribution in [2.45, 2.75) is 17.9 Å². The van der Waals surface area contributed by atoms with Gasteiger partial charge in [0.2, 0.25) is 10.0 Å². The summed E-state index contributed by atoms with van der Waals surface area (Å²) in [5.41, 5.74) is 1.04. The maximum absolute atomic E-state index is 12.7. The summed E-state index contributed by atoms with van der Waals surface area (Å²) >= 11 is 3.38. The summed E-state index contributed by atoms with van der Waals surface area (Å²) in [6.07, 6.45) is 0. The highest BCUT2D eigenvalue weighted by Gasteiger charge is 2.33. The summed E-state index contributed by atoms with van der Waals surface area (Å²) in [6, 6.07) is 5.97. The van der Waals surface area contributed by atoms with Gasteiger partial charge in [-0.2, -0.15) is 4.31 Å². The zero-order valence-electron chi connectivity index (χ0n) is 12.0. The molecule has 0 radical (unpaired) electrons. The zero-order valence-corrected chi connectivity index (χ0v) is 14.5. The molecule has 2 heterocycles. The average Bonchev–Trinajstić information content (AvgIpc) is 2.37. The van der Waals surface area contributed by atoms with E-state index in [9.17, 15) is 8.42 Å². The standard InChI is InChI=1S/C14H20BrN3O2S/c1-11-2-3-14(13(15)8-11)21(19,20)18-6-4-17(5-7-18)12-9-16-10-12/h2-3,8,12,16H,4-7,9-10H2,1H3. The Bertz CT molecular complexity index is 623. The minimum Gasteiger partial charge on any atom is -0.314 e. The molecule has 116 valence electrons. The molecule has 1 N–H and O–H groups in total. The van der Waals surface area contributed by atoms with Gasteiger partial charge in [0.15, 0.2) is 0 Å². The van der Waals surface area contributed by atoms with Crippen molar-refractivity contribution in [3.8, 4) is 0 Å². The van der Waals surface area contributed by atoms with E-state index in [1.807, 2.05) is 19.1 Å². The Hall–Kier alpha value is -0.470. The Morgan fingerprint density at radius 3 is 2.38 bits per heavy atom. The molecule has 2 fully saturated rings. The van der Waals surface area contributed by atoms with Crippen LogP contribution in [-0.4, -0.2) is 62.9 Å². The molecule has 3 rings (SSSR count). The first-order valence-electron chi connectivity index (χ1n) is 7.19. The van der Waals surface area contributed by atoms with Crippen LogP contribution in [0.4, 0.5) is 0 Å². The molecule has 0 unspecified atom stereocenters. The van der Waals surface area contributed by atoms with Crippen LogP contribution in [0.15, 0.2) is 27.6 Å². The third-order valence-corrected chi connectivity index (χ3v) is 7.13. The maximum Gasteiger partial charge on any atom is 0.244 e. The highest BCUT2D eigenvalue weighted by atomic mass is 79.9. The second-order valence-corrected chi connectivity index (χ2v) is 8.45. The van der Waals surface area contributed by atoms with Gasteiger partial charge in [-0.25, -0.2) is 8.42 Å². The Balaban J connectivity index is 1.73. The monoisotopic (exact) mass is 373 g/mol. The molecule has 2 saturated heterocycles. The number of hydrogen-bond donors (Lipinski definition) is 1. The number of nitrogens with one attached hydrogen (secondary N) is 1. The van der Waals surface area contributed by atoms with E-state index in [1.165, 1.54) is 0 Å². The van der Waals surface area contributed by atoms with Crippen LogP contribution in [0.25, 0.3) is 0 Å². The number of benzene rings is 1. The van der Waals surface area contributed by atoms with Crippen molar-refractivity contribution >= 4 is 26.0 Å². The molecular formula is C14H20BrN3O2S. The van der Waals surface area contributed by atoms with E-state index in [4.69, 9.17) is 0 Å². The van der Waals surface area contributed by atoms with Gasteiger partial charge in [0.25, 0.3) is 0 Å². The first-order chi connectivity index (χ1) is 9.98. The third kappa shape index (κ3) is 3.03. The summed E-state index contributed by atoms with van der Waals surface area (Å²) in [6.45, 7) is 6.77. The number of rotatable bonds is 3. The van der Waals surface area contributed by atoms with Gasteiger partial charge in [0.05, 0.1) is 4.90 Å². The van der Waals surface area contributed by atoms with Crippen LogP contribution in [0.1, 0.15) is 5.56 Å². The average molecular weight is 374 g/mol.